The number of anilines is 1. The van der Waals surface area contributed by atoms with Gasteiger partial charge in [0.15, 0.2) is 0 Å². The average molecular weight is 335 g/mol. The second kappa shape index (κ2) is 6.78. The van der Waals surface area contributed by atoms with E-state index in [0.29, 0.717) is 13.0 Å². The van der Waals surface area contributed by atoms with E-state index in [1.807, 2.05) is 0 Å². The number of aliphatic carboxylic acids is 1. The van der Waals surface area contributed by atoms with Crippen LogP contribution in [0.4, 0.5) is 19.3 Å². The highest BCUT2D eigenvalue weighted by molar-refractivity contribution is 6.32. The molecule has 2 rings (SSSR count). The lowest BCUT2D eigenvalue weighted by Gasteiger charge is -2.17. The summed E-state index contributed by atoms with van der Waals surface area (Å²) in [6.45, 7) is -2.61. The molecule has 0 bridgehead atoms. The van der Waals surface area contributed by atoms with Crippen LogP contribution in [0.2, 0.25) is 5.02 Å². The summed E-state index contributed by atoms with van der Waals surface area (Å²) in [6.07, 6.45) is 0.378. The Morgan fingerprint density at radius 2 is 2.18 bits per heavy atom. The fourth-order valence-electron chi connectivity index (χ4n) is 2.12. The number of hydrogen-bond donors (Lipinski definition) is 2. The van der Waals surface area contributed by atoms with E-state index in [1.54, 1.807) is 0 Å². The highest BCUT2D eigenvalue weighted by atomic mass is 35.5. The maximum atomic E-state index is 12.2. The number of hydrogen-bond acceptors (Lipinski definition) is 3. The number of carbonyl (C=O) groups is 2. The van der Waals surface area contributed by atoms with Crippen molar-refractivity contribution in [3.63, 3.8) is 0 Å². The van der Waals surface area contributed by atoms with Crippen molar-refractivity contribution in [2.75, 3.05) is 18.4 Å². The van der Waals surface area contributed by atoms with E-state index in [1.165, 1.54) is 23.1 Å². The van der Waals surface area contributed by atoms with Crippen LogP contribution in [0.25, 0.3) is 0 Å². The van der Waals surface area contributed by atoms with Gasteiger partial charge in [0, 0.05) is 24.8 Å². The van der Waals surface area contributed by atoms with Gasteiger partial charge in [0.05, 0.1) is 10.9 Å². The van der Waals surface area contributed by atoms with Crippen LogP contribution in [-0.4, -0.2) is 41.7 Å². The third-order valence-electron chi connectivity index (χ3n) is 3.22. The molecule has 120 valence electrons. The molecule has 1 aliphatic rings. The number of rotatable bonds is 4. The molecular formula is C13H13ClF2N2O4. The minimum atomic E-state index is -3.03. The number of benzene rings is 1. The fourth-order valence-corrected chi connectivity index (χ4v) is 2.28. The van der Waals surface area contributed by atoms with Gasteiger partial charge in [0.2, 0.25) is 0 Å². The van der Waals surface area contributed by atoms with E-state index in [-0.39, 0.29) is 23.0 Å². The highest BCUT2D eigenvalue weighted by Gasteiger charge is 2.30. The lowest BCUT2D eigenvalue weighted by molar-refractivity contribution is -0.141. The van der Waals surface area contributed by atoms with Crippen molar-refractivity contribution >= 4 is 29.3 Å². The molecule has 9 heteroatoms. The number of likely N-dealkylation sites (tertiary alicyclic amines) is 1. The van der Waals surface area contributed by atoms with Crippen LogP contribution in [0.1, 0.15) is 6.42 Å². The van der Waals surface area contributed by atoms with Crippen LogP contribution in [0, 0.1) is 5.92 Å². The van der Waals surface area contributed by atoms with E-state index in [9.17, 15) is 18.4 Å². The first-order chi connectivity index (χ1) is 10.4. The third-order valence-corrected chi connectivity index (χ3v) is 3.54. The van der Waals surface area contributed by atoms with Gasteiger partial charge >= 0.3 is 18.6 Å². The zero-order valence-electron chi connectivity index (χ0n) is 11.3. The maximum Gasteiger partial charge on any atom is 0.387 e. The summed E-state index contributed by atoms with van der Waals surface area (Å²) in [5.74, 6) is -1.79. The van der Waals surface area contributed by atoms with E-state index < -0.39 is 24.5 Å². The molecule has 1 atom stereocenters. The number of urea groups is 1. The van der Waals surface area contributed by atoms with Gasteiger partial charge in [0.25, 0.3) is 0 Å². The Morgan fingerprint density at radius 1 is 1.45 bits per heavy atom. The second-order valence-corrected chi connectivity index (χ2v) is 5.13. The SMILES string of the molecule is O=C(O)C1CCN(C(=O)Nc2ccc(Cl)c(OC(F)F)c2)C1. The van der Waals surface area contributed by atoms with Crippen molar-refractivity contribution in [2.24, 2.45) is 5.92 Å². The number of carbonyl (C=O) groups excluding carboxylic acids is 1. The monoisotopic (exact) mass is 334 g/mol. The zero-order chi connectivity index (χ0) is 16.3. The molecule has 6 nitrogen and oxygen atoms in total. The Kier molecular flexibility index (Phi) is 5.02. The number of alkyl halides is 2. The van der Waals surface area contributed by atoms with Crippen molar-refractivity contribution in [1.82, 2.24) is 4.90 Å². The number of carboxylic acid groups (broad SMARTS) is 1. The summed E-state index contributed by atoms with van der Waals surface area (Å²) in [7, 11) is 0. The predicted molar refractivity (Wildman–Crippen MR) is 74.4 cm³/mol. The van der Waals surface area contributed by atoms with Crippen LogP contribution in [0.15, 0.2) is 18.2 Å². The number of ether oxygens (including phenoxy) is 1. The third kappa shape index (κ3) is 3.97. The Morgan fingerprint density at radius 3 is 2.77 bits per heavy atom. The normalized spacial score (nSPS) is 17.6. The largest absolute Gasteiger partial charge is 0.481 e. The molecule has 1 aliphatic heterocycles. The molecule has 1 aromatic rings. The molecule has 22 heavy (non-hydrogen) atoms. The molecule has 0 radical (unpaired) electrons. The molecule has 2 amide bonds. The van der Waals surface area contributed by atoms with Crippen molar-refractivity contribution < 1.29 is 28.2 Å². The van der Waals surface area contributed by atoms with Gasteiger partial charge in [-0.05, 0) is 18.6 Å². The summed E-state index contributed by atoms with van der Waals surface area (Å²) in [5.41, 5.74) is 0.226. The van der Waals surface area contributed by atoms with E-state index in [0.717, 1.165) is 0 Å². The fraction of sp³-hybridized carbons (Fsp3) is 0.385. The van der Waals surface area contributed by atoms with Gasteiger partial charge in [-0.3, -0.25) is 4.79 Å². The van der Waals surface area contributed by atoms with Gasteiger partial charge in [0.1, 0.15) is 5.75 Å². The number of nitrogens with one attached hydrogen (secondary N) is 1. The maximum absolute atomic E-state index is 12.2. The molecule has 1 saturated heterocycles. The first kappa shape index (κ1) is 16.3. The van der Waals surface area contributed by atoms with E-state index in [2.05, 4.69) is 10.1 Å². The molecule has 0 aliphatic carbocycles. The lowest BCUT2D eigenvalue weighted by Crippen LogP contribution is -2.33. The first-order valence-electron chi connectivity index (χ1n) is 6.40. The van der Waals surface area contributed by atoms with Gasteiger partial charge in [-0.2, -0.15) is 8.78 Å². The van der Waals surface area contributed by atoms with Gasteiger partial charge in [-0.25, -0.2) is 4.79 Å². The first-order valence-corrected chi connectivity index (χ1v) is 6.77. The zero-order valence-corrected chi connectivity index (χ0v) is 12.0. The van der Waals surface area contributed by atoms with Crippen molar-refractivity contribution in [3.8, 4) is 5.75 Å². The van der Waals surface area contributed by atoms with E-state index in [4.69, 9.17) is 16.7 Å². The second-order valence-electron chi connectivity index (χ2n) is 4.72. The Hall–Kier alpha value is -2.09. The number of nitrogens with zero attached hydrogens (tertiary/aromatic N) is 1. The molecule has 0 aromatic heterocycles. The molecule has 1 fully saturated rings. The van der Waals surface area contributed by atoms with Crippen molar-refractivity contribution in [3.05, 3.63) is 23.2 Å². The number of amides is 2. The van der Waals surface area contributed by atoms with Crippen LogP contribution >= 0.6 is 11.6 Å². The molecule has 1 unspecified atom stereocenters. The van der Waals surface area contributed by atoms with Crippen LogP contribution < -0.4 is 10.1 Å². The Labute approximate surface area is 129 Å². The molecular weight excluding hydrogens is 322 g/mol. The molecule has 0 saturated carbocycles. The standard InChI is InChI=1S/C13H13ClF2N2O4/c14-9-2-1-8(5-10(9)22-12(15)16)17-13(21)18-4-3-7(6-18)11(19)20/h1-2,5,7,12H,3-4,6H2,(H,17,21)(H,19,20). The number of carboxylic acids is 1. The summed E-state index contributed by atoms with van der Waals surface area (Å²) in [5, 5.41) is 11.4. The van der Waals surface area contributed by atoms with Crippen LogP contribution in [-0.2, 0) is 4.79 Å². The Bertz CT molecular complexity index is 585. The summed E-state index contributed by atoms with van der Waals surface area (Å²) < 4.78 is 28.7. The topological polar surface area (TPSA) is 78.9 Å². The number of halogens is 3. The summed E-state index contributed by atoms with van der Waals surface area (Å²) >= 11 is 5.71. The summed E-state index contributed by atoms with van der Waals surface area (Å²) in [6, 6.07) is 3.42. The van der Waals surface area contributed by atoms with Gasteiger partial charge in [-0.1, -0.05) is 11.6 Å². The quantitative estimate of drug-likeness (QED) is 0.887. The minimum absolute atomic E-state index is 0.00888. The van der Waals surface area contributed by atoms with E-state index >= 15 is 0 Å². The molecule has 2 N–H and O–H groups in total. The van der Waals surface area contributed by atoms with Crippen molar-refractivity contribution in [1.29, 1.82) is 0 Å². The Balaban J connectivity index is 2.01. The lowest BCUT2D eigenvalue weighted by atomic mass is 10.1. The van der Waals surface area contributed by atoms with Gasteiger partial charge in [-0.15, -0.1) is 0 Å². The predicted octanol–water partition coefficient (Wildman–Crippen LogP) is 2.88. The minimum Gasteiger partial charge on any atom is -0.481 e. The summed E-state index contributed by atoms with van der Waals surface area (Å²) in [4.78, 5) is 24.2. The molecule has 1 aromatic carbocycles. The molecule has 1 heterocycles. The smallest absolute Gasteiger partial charge is 0.387 e. The van der Waals surface area contributed by atoms with Crippen LogP contribution in [0.5, 0.6) is 5.75 Å². The average Bonchev–Trinajstić information content (AvgIpc) is 2.92. The highest BCUT2D eigenvalue weighted by Crippen LogP contribution is 2.29. The molecule has 0 spiro atoms. The van der Waals surface area contributed by atoms with Crippen molar-refractivity contribution in [2.45, 2.75) is 13.0 Å². The van der Waals surface area contributed by atoms with Crippen LogP contribution in [0.3, 0.4) is 0 Å². The van der Waals surface area contributed by atoms with Gasteiger partial charge < -0.3 is 20.1 Å².